The number of urea groups is 1. The summed E-state index contributed by atoms with van der Waals surface area (Å²) in [6.45, 7) is 1.91. The van der Waals surface area contributed by atoms with Crippen LogP contribution in [0.3, 0.4) is 0 Å². The van der Waals surface area contributed by atoms with Gasteiger partial charge in [0, 0.05) is 6.04 Å². The van der Waals surface area contributed by atoms with Crippen LogP contribution in [-0.4, -0.2) is 23.1 Å². The van der Waals surface area contributed by atoms with Crippen molar-refractivity contribution in [1.29, 1.82) is 0 Å². The summed E-state index contributed by atoms with van der Waals surface area (Å²) in [7, 11) is 0. The molecule has 5 nitrogen and oxygen atoms in total. The third kappa shape index (κ3) is 3.47. The van der Waals surface area contributed by atoms with Crippen molar-refractivity contribution >= 4 is 23.3 Å². The van der Waals surface area contributed by atoms with E-state index in [0.29, 0.717) is 6.42 Å². The first-order chi connectivity index (χ1) is 9.08. The molecular weight excluding hydrogens is 264 g/mol. The molecule has 3 N–H and O–H groups in total. The largest absolute Gasteiger partial charge is 0.481 e. The average molecular weight is 282 g/mol. The molecule has 1 aliphatic carbocycles. The number of aliphatic carboxylic acids is 1. The maximum absolute atomic E-state index is 11.9. The highest BCUT2D eigenvalue weighted by atomic mass is 32.1. The van der Waals surface area contributed by atoms with Gasteiger partial charge in [-0.15, -0.1) is 0 Å². The topological polar surface area (TPSA) is 78.4 Å². The quantitative estimate of drug-likeness (QED) is 0.793. The zero-order chi connectivity index (χ0) is 13.8. The van der Waals surface area contributed by atoms with E-state index in [2.05, 4.69) is 10.6 Å². The summed E-state index contributed by atoms with van der Waals surface area (Å²) in [6.07, 6.45) is 2.22. The Balaban J connectivity index is 1.86. The van der Waals surface area contributed by atoms with Crippen LogP contribution in [0.5, 0.6) is 0 Å². The molecule has 0 spiro atoms. The van der Waals surface area contributed by atoms with E-state index in [0.717, 1.165) is 18.4 Å². The number of carboxylic acids is 1. The van der Waals surface area contributed by atoms with Crippen LogP contribution in [0.2, 0.25) is 0 Å². The summed E-state index contributed by atoms with van der Waals surface area (Å²) in [5.41, 5.74) is 1.06. The minimum Gasteiger partial charge on any atom is -0.481 e. The van der Waals surface area contributed by atoms with Crippen molar-refractivity contribution in [3.8, 4) is 0 Å². The number of amides is 2. The zero-order valence-electron chi connectivity index (χ0n) is 10.8. The number of nitrogens with one attached hydrogen (secondary N) is 2. The van der Waals surface area contributed by atoms with Gasteiger partial charge in [0.15, 0.2) is 0 Å². The van der Waals surface area contributed by atoms with Gasteiger partial charge in [0.2, 0.25) is 0 Å². The van der Waals surface area contributed by atoms with E-state index in [1.54, 1.807) is 11.3 Å². The van der Waals surface area contributed by atoms with Crippen LogP contribution < -0.4 is 10.6 Å². The second-order valence-corrected chi connectivity index (χ2v) is 5.66. The fourth-order valence-corrected chi connectivity index (χ4v) is 3.19. The summed E-state index contributed by atoms with van der Waals surface area (Å²) in [4.78, 5) is 22.9. The Morgan fingerprint density at radius 2 is 2.26 bits per heavy atom. The van der Waals surface area contributed by atoms with Gasteiger partial charge in [0.25, 0.3) is 0 Å². The summed E-state index contributed by atoms with van der Waals surface area (Å²) in [5.74, 6) is -1.28. The lowest BCUT2D eigenvalue weighted by molar-refractivity contribution is -0.142. The normalized spacial score (nSPS) is 23.8. The predicted molar refractivity (Wildman–Crippen MR) is 73.2 cm³/mol. The Kier molecular flexibility index (Phi) is 4.42. The van der Waals surface area contributed by atoms with Gasteiger partial charge < -0.3 is 15.7 Å². The zero-order valence-corrected chi connectivity index (χ0v) is 11.6. The minimum absolute atomic E-state index is 0.0732. The molecule has 0 bridgehead atoms. The minimum atomic E-state index is -0.825. The molecule has 104 valence electrons. The van der Waals surface area contributed by atoms with E-state index in [-0.39, 0.29) is 18.1 Å². The van der Waals surface area contributed by atoms with Crippen molar-refractivity contribution in [2.45, 2.75) is 38.3 Å². The number of carbonyl (C=O) groups is 2. The Bertz CT molecular complexity index is 447. The molecule has 2 rings (SSSR count). The molecule has 1 heterocycles. The second kappa shape index (κ2) is 6.06. The van der Waals surface area contributed by atoms with Gasteiger partial charge in [-0.3, -0.25) is 4.79 Å². The smallest absolute Gasteiger partial charge is 0.315 e. The molecule has 6 heteroatoms. The van der Waals surface area contributed by atoms with Gasteiger partial charge in [0.1, 0.15) is 0 Å². The molecule has 1 aromatic rings. The van der Waals surface area contributed by atoms with Crippen LogP contribution >= 0.6 is 11.3 Å². The standard InChI is InChI=1S/C13H18N2O3S/c1-8(9-5-6-19-7-9)14-13(18)15-11-4-2-3-10(11)12(16)17/h5-8,10-11H,2-4H2,1H3,(H,16,17)(H2,14,15,18). The number of rotatable bonds is 4. The van der Waals surface area contributed by atoms with Crippen molar-refractivity contribution in [2.24, 2.45) is 5.92 Å². The Morgan fingerprint density at radius 3 is 2.89 bits per heavy atom. The lowest BCUT2D eigenvalue weighted by Crippen LogP contribution is -2.45. The SMILES string of the molecule is CC(NC(=O)NC1CCCC1C(=O)O)c1ccsc1. The van der Waals surface area contributed by atoms with E-state index in [9.17, 15) is 9.59 Å². The average Bonchev–Trinajstić information content (AvgIpc) is 2.98. The van der Waals surface area contributed by atoms with E-state index in [1.165, 1.54) is 0 Å². The monoisotopic (exact) mass is 282 g/mol. The first-order valence-corrected chi connectivity index (χ1v) is 7.34. The molecule has 2 amide bonds. The highest BCUT2D eigenvalue weighted by Gasteiger charge is 2.33. The molecule has 3 unspecified atom stereocenters. The first kappa shape index (κ1) is 13.9. The maximum atomic E-state index is 11.9. The van der Waals surface area contributed by atoms with Crippen LogP contribution in [0.25, 0.3) is 0 Å². The molecule has 0 aromatic carbocycles. The summed E-state index contributed by atoms with van der Waals surface area (Å²) < 4.78 is 0. The molecule has 3 atom stereocenters. The third-order valence-corrected chi connectivity index (χ3v) is 4.24. The van der Waals surface area contributed by atoms with Crippen LogP contribution in [0.15, 0.2) is 16.8 Å². The van der Waals surface area contributed by atoms with Crippen molar-refractivity contribution < 1.29 is 14.7 Å². The lowest BCUT2D eigenvalue weighted by Gasteiger charge is -2.20. The molecule has 19 heavy (non-hydrogen) atoms. The van der Waals surface area contributed by atoms with Gasteiger partial charge >= 0.3 is 12.0 Å². The number of carbonyl (C=O) groups excluding carboxylic acids is 1. The van der Waals surface area contributed by atoms with Crippen LogP contribution in [0.4, 0.5) is 4.79 Å². The van der Waals surface area contributed by atoms with Crippen LogP contribution in [0.1, 0.15) is 37.8 Å². The Morgan fingerprint density at radius 1 is 1.47 bits per heavy atom. The van der Waals surface area contributed by atoms with Gasteiger partial charge in [0.05, 0.1) is 12.0 Å². The van der Waals surface area contributed by atoms with E-state index >= 15 is 0 Å². The van der Waals surface area contributed by atoms with Crippen molar-refractivity contribution in [3.63, 3.8) is 0 Å². The fraction of sp³-hybridized carbons (Fsp3) is 0.538. The Hall–Kier alpha value is -1.56. The third-order valence-electron chi connectivity index (χ3n) is 3.54. The van der Waals surface area contributed by atoms with Gasteiger partial charge in [-0.2, -0.15) is 11.3 Å². The van der Waals surface area contributed by atoms with Crippen LogP contribution in [0, 0.1) is 5.92 Å². The number of hydrogen-bond acceptors (Lipinski definition) is 3. The highest BCUT2D eigenvalue weighted by molar-refractivity contribution is 7.07. The van der Waals surface area contributed by atoms with Gasteiger partial charge in [-0.05, 0) is 42.2 Å². The first-order valence-electron chi connectivity index (χ1n) is 6.40. The molecule has 0 aliphatic heterocycles. The van der Waals surface area contributed by atoms with Gasteiger partial charge in [-0.25, -0.2) is 4.79 Å². The summed E-state index contributed by atoms with van der Waals surface area (Å²) >= 11 is 1.58. The van der Waals surface area contributed by atoms with E-state index < -0.39 is 11.9 Å². The number of thiophene rings is 1. The Labute approximate surface area is 116 Å². The molecule has 1 saturated carbocycles. The summed E-state index contributed by atoms with van der Waals surface area (Å²) in [5, 5.41) is 18.6. The second-order valence-electron chi connectivity index (χ2n) is 4.88. The molecule has 1 aliphatic rings. The van der Waals surface area contributed by atoms with Gasteiger partial charge in [-0.1, -0.05) is 6.42 Å². The molecule has 0 saturated heterocycles. The van der Waals surface area contributed by atoms with Crippen molar-refractivity contribution in [3.05, 3.63) is 22.4 Å². The molecule has 0 radical (unpaired) electrons. The molecule has 1 fully saturated rings. The van der Waals surface area contributed by atoms with Crippen molar-refractivity contribution in [1.82, 2.24) is 10.6 Å². The van der Waals surface area contributed by atoms with Crippen LogP contribution in [-0.2, 0) is 4.79 Å². The van der Waals surface area contributed by atoms with E-state index in [4.69, 9.17) is 5.11 Å². The maximum Gasteiger partial charge on any atom is 0.315 e. The lowest BCUT2D eigenvalue weighted by atomic mass is 10.0. The molecule has 1 aromatic heterocycles. The fourth-order valence-electron chi connectivity index (χ4n) is 2.44. The molecular formula is C13H18N2O3S. The summed E-state index contributed by atoms with van der Waals surface area (Å²) in [6, 6.07) is 1.34. The van der Waals surface area contributed by atoms with E-state index in [1.807, 2.05) is 23.8 Å². The number of carboxylic acid groups (broad SMARTS) is 1. The highest BCUT2D eigenvalue weighted by Crippen LogP contribution is 2.25. The predicted octanol–water partition coefficient (Wildman–Crippen LogP) is 2.36. The number of hydrogen-bond donors (Lipinski definition) is 3. The van der Waals surface area contributed by atoms with Crippen molar-refractivity contribution in [2.75, 3.05) is 0 Å².